The van der Waals surface area contributed by atoms with Gasteiger partial charge in [-0.15, -0.1) is 0 Å². The van der Waals surface area contributed by atoms with Crippen LogP contribution in [-0.4, -0.2) is 20.1 Å². The predicted molar refractivity (Wildman–Crippen MR) is 65.2 cm³/mol. The highest BCUT2D eigenvalue weighted by molar-refractivity contribution is 14.1. The van der Waals surface area contributed by atoms with Gasteiger partial charge in [-0.25, -0.2) is 4.39 Å². The molecule has 0 saturated heterocycles. The number of guanidine groups is 1. The highest BCUT2D eigenvalue weighted by atomic mass is 127. The normalized spacial score (nSPS) is 11.3. The monoisotopic (exact) mass is 307 g/mol. The van der Waals surface area contributed by atoms with Crippen LogP contribution in [-0.2, 0) is 0 Å². The fraction of sp³-hybridized carbons (Fsp3) is 0.222. The molecule has 76 valence electrons. The van der Waals surface area contributed by atoms with E-state index in [1.165, 1.54) is 6.07 Å². The van der Waals surface area contributed by atoms with E-state index < -0.39 is 0 Å². The molecule has 2 N–H and O–H groups in total. The van der Waals surface area contributed by atoms with Crippen LogP contribution in [0.15, 0.2) is 23.2 Å². The lowest BCUT2D eigenvalue weighted by Crippen LogP contribution is -2.27. The summed E-state index contributed by atoms with van der Waals surface area (Å²) in [7, 11) is 3.35. The fourth-order valence-corrected chi connectivity index (χ4v) is 1.40. The molecule has 0 bridgehead atoms. The number of nitrogens with zero attached hydrogens (tertiary/aromatic N) is 1. The average Bonchev–Trinajstić information content (AvgIpc) is 2.17. The molecule has 0 atom stereocenters. The van der Waals surface area contributed by atoms with Crippen LogP contribution in [0.1, 0.15) is 0 Å². The maximum atomic E-state index is 13.3. The summed E-state index contributed by atoms with van der Waals surface area (Å²) in [6.07, 6.45) is 0. The largest absolute Gasteiger partial charge is 0.359 e. The van der Waals surface area contributed by atoms with Crippen LogP contribution < -0.4 is 10.6 Å². The Kier molecular flexibility index (Phi) is 4.12. The molecule has 0 unspecified atom stereocenters. The van der Waals surface area contributed by atoms with Crippen molar-refractivity contribution in [2.24, 2.45) is 4.99 Å². The van der Waals surface area contributed by atoms with Gasteiger partial charge in [0.15, 0.2) is 5.96 Å². The SMILES string of the molecule is CN=C(NC)Nc1ccc(I)cc1F. The first kappa shape index (κ1) is 11.2. The summed E-state index contributed by atoms with van der Waals surface area (Å²) in [5.74, 6) is 0.249. The van der Waals surface area contributed by atoms with Crippen LogP contribution in [0.5, 0.6) is 0 Å². The van der Waals surface area contributed by atoms with Gasteiger partial charge in [-0.3, -0.25) is 4.99 Å². The Morgan fingerprint density at radius 1 is 1.50 bits per heavy atom. The van der Waals surface area contributed by atoms with Gasteiger partial charge < -0.3 is 10.6 Å². The van der Waals surface area contributed by atoms with Crippen LogP contribution in [0.2, 0.25) is 0 Å². The molecule has 0 spiro atoms. The number of hydrogen-bond acceptors (Lipinski definition) is 1. The molecule has 0 aromatic heterocycles. The highest BCUT2D eigenvalue weighted by Crippen LogP contribution is 2.16. The molecular formula is C9H11FIN3. The van der Waals surface area contributed by atoms with E-state index in [0.717, 1.165) is 3.57 Å². The number of benzene rings is 1. The summed E-state index contributed by atoms with van der Waals surface area (Å²) in [4.78, 5) is 3.89. The van der Waals surface area contributed by atoms with Gasteiger partial charge in [-0.2, -0.15) is 0 Å². The molecular weight excluding hydrogens is 296 g/mol. The molecule has 0 aliphatic rings. The molecule has 0 heterocycles. The zero-order valence-corrected chi connectivity index (χ0v) is 10.1. The van der Waals surface area contributed by atoms with Gasteiger partial charge in [0, 0.05) is 17.7 Å². The lowest BCUT2D eigenvalue weighted by molar-refractivity contribution is 0.631. The number of aliphatic imine (C=N–C) groups is 1. The smallest absolute Gasteiger partial charge is 0.195 e. The Balaban J connectivity index is 2.87. The molecule has 14 heavy (non-hydrogen) atoms. The lowest BCUT2D eigenvalue weighted by atomic mass is 10.3. The minimum atomic E-state index is -0.284. The van der Waals surface area contributed by atoms with E-state index in [4.69, 9.17) is 0 Å². The quantitative estimate of drug-likeness (QED) is 0.473. The van der Waals surface area contributed by atoms with Gasteiger partial charge in [-0.1, -0.05) is 0 Å². The molecule has 0 amide bonds. The van der Waals surface area contributed by atoms with Crippen molar-refractivity contribution in [1.82, 2.24) is 5.32 Å². The highest BCUT2D eigenvalue weighted by Gasteiger charge is 2.03. The second-order valence-electron chi connectivity index (χ2n) is 2.57. The van der Waals surface area contributed by atoms with Crippen LogP contribution in [0, 0.1) is 9.39 Å². The van der Waals surface area contributed by atoms with Crippen LogP contribution in [0.3, 0.4) is 0 Å². The van der Waals surface area contributed by atoms with Crippen molar-refractivity contribution < 1.29 is 4.39 Å². The Labute approximate surface area is 95.9 Å². The maximum absolute atomic E-state index is 13.3. The summed E-state index contributed by atoms with van der Waals surface area (Å²) >= 11 is 2.06. The number of hydrogen-bond donors (Lipinski definition) is 2. The van der Waals surface area contributed by atoms with Crippen molar-refractivity contribution in [3.63, 3.8) is 0 Å². The topological polar surface area (TPSA) is 36.4 Å². The number of halogens is 2. The summed E-state index contributed by atoms with van der Waals surface area (Å²) in [5.41, 5.74) is 0.417. The fourth-order valence-electron chi connectivity index (χ4n) is 0.949. The van der Waals surface area contributed by atoms with Gasteiger partial charge in [-0.05, 0) is 40.8 Å². The first-order valence-corrected chi connectivity index (χ1v) is 5.12. The van der Waals surface area contributed by atoms with Crippen molar-refractivity contribution in [3.05, 3.63) is 27.6 Å². The van der Waals surface area contributed by atoms with E-state index >= 15 is 0 Å². The van der Waals surface area contributed by atoms with Crippen molar-refractivity contribution >= 4 is 34.2 Å². The van der Waals surface area contributed by atoms with Crippen molar-refractivity contribution in [1.29, 1.82) is 0 Å². The summed E-state index contributed by atoms with van der Waals surface area (Å²) in [6, 6.07) is 4.97. The Hall–Kier alpha value is -0.850. The molecule has 1 aromatic carbocycles. The third-order valence-corrected chi connectivity index (χ3v) is 2.32. The number of rotatable bonds is 1. The Bertz CT molecular complexity index is 352. The summed E-state index contributed by atoms with van der Waals surface area (Å²) in [6.45, 7) is 0. The number of nitrogens with one attached hydrogen (secondary N) is 2. The lowest BCUT2D eigenvalue weighted by Gasteiger charge is -2.09. The molecule has 0 fully saturated rings. The van der Waals surface area contributed by atoms with Gasteiger partial charge >= 0.3 is 0 Å². The predicted octanol–water partition coefficient (Wildman–Crippen LogP) is 2.05. The van der Waals surface area contributed by atoms with Crippen molar-refractivity contribution in [2.75, 3.05) is 19.4 Å². The molecule has 0 radical (unpaired) electrons. The first-order valence-electron chi connectivity index (χ1n) is 4.04. The third kappa shape index (κ3) is 2.83. The van der Waals surface area contributed by atoms with E-state index in [0.29, 0.717) is 11.6 Å². The zero-order chi connectivity index (χ0) is 10.6. The average molecular weight is 307 g/mol. The molecule has 1 aromatic rings. The first-order chi connectivity index (χ1) is 6.67. The standard InChI is InChI=1S/C9H11FIN3/c1-12-9(13-2)14-8-4-3-6(11)5-7(8)10/h3-5H,1-2H3,(H2,12,13,14). The summed E-state index contributed by atoms with van der Waals surface area (Å²) < 4.78 is 14.2. The second kappa shape index (κ2) is 5.14. The second-order valence-corrected chi connectivity index (χ2v) is 3.82. The minimum Gasteiger partial charge on any atom is -0.359 e. The van der Waals surface area contributed by atoms with E-state index in [1.807, 2.05) is 6.07 Å². The third-order valence-electron chi connectivity index (χ3n) is 1.64. The van der Waals surface area contributed by atoms with Crippen LogP contribution in [0.4, 0.5) is 10.1 Å². The summed E-state index contributed by atoms with van der Waals surface area (Å²) in [5, 5.41) is 5.65. The molecule has 1 rings (SSSR count). The van der Waals surface area contributed by atoms with Gasteiger partial charge in [0.25, 0.3) is 0 Å². The zero-order valence-electron chi connectivity index (χ0n) is 7.94. The molecule has 3 nitrogen and oxygen atoms in total. The van der Waals surface area contributed by atoms with Gasteiger partial charge in [0.1, 0.15) is 5.82 Å². The number of anilines is 1. The van der Waals surface area contributed by atoms with E-state index in [2.05, 4.69) is 38.2 Å². The van der Waals surface area contributed by atoms with Crippen LogP contribution in [0.25, 0.3) is 0 Å². The van der Waals surface area contributed by atoms with Crippen molar-refractivity contribution in [3.8, 4) is 0 Å². The van der Waals surface area contributed by atoms with E-state index in [9.17, 15) is 4.39 Å². The molecule has 0 aliphatic carbocycles. The molecule has 5 heteroatoms. The van der Waals surface area contributed by atoms with Gasteiger partial charge in [0.2, 0.25) is 0 Å². The van der Waals surface area contributed by atoms with E-state index in [1.54, 1.807) is 20.2 Å². The van der Waals surface area contributed by atoms with Crippen molar-refractivity contribution in [2.45, 2.75) is 0 Å². The maximum Gasteiger partial charge on any atom is 0.195 e. The molecule has 0 saturated carbocycles. The van der Waals surface area contributed by atoms with Crippen LogP contribution >= 0.6 is 22.6 Å². The molecule has 0 aliphatic heterocycles. The van der Waals surface area contributed by atoms with E-state index in [-0.39, 0.29) is 5.82 Å². The Morgan fingerprint density at radius 2 is 2.21 bits per heavy atom. The van der Waals surface area contributed by atoms with Gasteiger partial charge in [0.05, 0.1) is 5.69 Å². The minimum absolute atomic E-state index is 0.284. The Morgan fingerprint density at radius 3 is 2.71 bits per heavy atom.